The zero-order valence-electron chi connectivity index (χ0n) is 7.69. The number of nitrogens with zero attached hydrogens (tertiary/aromatic N) is 1. The molecule has 0 saturated carbocycles. The molecule has 80 valence electrons. The van der Waals surface area contributed by atoms with E-state index in [9.17, 15) is 12.3 Å². The average molecular weight is 230 g/mol. The van der Waals surface area contributed by atoms with Crippen LogP contribution in [0.4, 0.5) is 3.89 Å². The summed E-state index contributed by atoms with van der Waals surface area (Å²) < 4.78 is 39.0. The monoisotopic (exact) mass is 230 g/mol. The first-order valence-corrected chi connectivity index (χ1v) is 5.37. The molecule has 0 bridgehead atoms. The van der Waals surface area contributed by atoms with Gasteiger partial charge in [-0.3, -0.25) is 5.10 Å². The Kier molecular flexibility index (Phi) is 2.11. The molecule has 0 spiro atoms. The molecule has 0 aliphatic heterocycles. The van der Waals surface area contributed by atoms with Crippen LogP contribution in [0.25, 0.3) is 10.9 Å². The molecule has 0 fully saturated rings. The lowest BCUT2D eigenvalue weighted by Gasteiger charge is -1.97. The quantitative estimate of drug-likeness (QED) is 0.787. The number of aromatic nitrogens is 2. The predicted molar refractivity (Wildman–Crippen MR) is 50.9 cm³/mol. The van der Waals surface area contributed by atoms with Gasteiger partial charge in [0.25, 0.3) is 0 Å². The topological polar surface area (TPSA) is 72.1 Å². The molecule has 7 heteroatoms. The Hall–Kier alpha value is -1.63. The Labute approximate surface area is 85.1 Å². The number of H-pyrrole nitrogens is 1. The molecular weight excluding hydrogens is 223 g/mol. The number of methoxy groups -OCH3 is 1. The summed E-state index contributed by atoms with van der Waals surface area (Å²) in [4.78, 5) is 0. The summed E-state index contributed by atoms with van der Waals surface area (Å²) in [5.74, 6) is 0.525. The molecule has 0 amide bonds. The SMILES string of the molecule is COc1ccc2c(S(=O)(=O)F)[nH]nc2c1. The summed E-state index contributed by atoms with van der Waals surface area (Å²) in [5, 5.41) is 5.49. The van der Waals surface area contributed by atoms with E-state index in [1.54, 1.807) is 0 Å². The zero-order chi connectivity index (χ0) is 11.1. The summed E-state index contributed by atoms with van der Waals surface area (Å²) in [6, 6.07) is 4.48. The number of benzene rings is 1. The second-order valence-corrected chi connectivity index (χ2v) is 4.16. The van der Waals surface area contributed by atoms with Crippen molar-refractivity contribution in [2.45, 2.75) is 5.03 Å². The van der Waals surface area contributed by atoms with Crippen LogP contribution >= 0.6 is 0 Å². The zero-order valence-corrected chi connectivity index (χ0v) is 8.51. The highest BCUT2D eigenvalue weighted by Gasteiger charge is 2.19. The third kappa shape index (κ3) is 1.65. The van der Waals surface area contributed by atoms with Gasteiger partial charge >= 0.3 is 10.2 Å². The average Bonchev–Trinajstić information content (AvgIpc) is 2.59. The van der Waals surface area contributed by atoms with Crippen LogP contribution in [0.3, 0.4) is 0 Å². The van der Waals surface area contributed by atoms with Crippen LogP contribution < -0.4 is 4.74 Å². The summed E-state index contributed by atoms with van der Waals surface area (Å²) in [6.45, 7) is 0. The number of halogens is 1. The molecule has 0 saturated heterocycles. The lowest BCUT2D eigenvalue weighted by Crippen LogP contribution is -1.92. The number of fused-ring (bicyclic) bond motifs is 1. The maximum Gasteiger partial charge on any atom is 0.349 e. The molecule has 0 radical (unpaired) electrons. The van der Waals surface area contributed by atoms with Crippen LogP contribution in [-0.4, -0.2) is 25.7 Å². The third-order valence-electron chi connectivity index (χ3n) is 1.97. The van der Waals surface area contributed by atoms with Crippen molar-refractivity contribution >= 4 is 21.1 Å². The number of aromatic amines is 1. The van der Waals surface area contributed by atoms with Crippen molar-refractivity contribution in [3.05, 3.63) is 18.2 Å². The van der Waals surface area contributed by atoms with Gasteiger partial charge in [0.05, 0.1) is 12.6 Å². The number of ether oxygens (including phenoxy) is 1. The van der Waals surface area contributed by atoms with Gasteiger partial charge in [0, 0.05) is 11.5 Å². The van der Waals surface area contributed by atoms with E-state index in [0.29, 0.717) is 11.3 Å². The molecule has 1 aromatic heterocycles. The molecular formula is C8H7FN2O3S. The minimum atomic E-state index is -4.76. The molecule has 0 aliphatic carbocycles. The highest BCUT2D eigenvalue weighted by Crippen LogP contribution is 2.25. The lowest BCUT2D eigenvalue weighted by atomic mass is 10.2. The normalized spacial score (nSPS) is 11.9. The Morgan fingerprint density at radius 1 is 1.47 bits per heavy atom. The molecule has 1 N–H and O–H groups in total. The molecule has 0 unspecified atom stereocenters. The number of hydrogen-bond acceptors (Lipinski definition) is 4. The van der Waals surface area contributed by atoms with Crippen molar-refractivity contribution in [1.82, 2.24) is 10.2 Å². The van der Waals surface area contributed by atoms with E-state index in [1.165, 1.54) is 25.3 Å². The first-order chi connectivity index (χ1) is 7.02. The van der Waals surface area contributed by atoms with E-state index in [2.05, 4.69) is 10.2 Å². The van der Waals surface area contributed by atoms with Gasteiger partial charge in [0.1, 0.15) is 5.75 Å². The molecule has 2 aromatic rings. The van der Waals surface area contributed by atoms with E-state index in [-0.39, 0.29) is 5.39 Å². The number of hydrogen-bond donors (Lipinski definition) is 1. The Bertz CT molecular complexity index is 605. The molecule has 5 nitrogen and oxygen atoms in total. The fourth-order valence-corrected chi connectivity index (χ4v) is 1.87. The fourth-order valence-electron chi connectivity index (χ4n) is 1.28. The fraction of sp³-hybridized carbons (Fsp3) is 0.125. The van der Waals surface area contributed by atoms with Crippen LogP contribution in [0.5, 0.6) is 5.75 Å². The Morgan fingerprint density at radius 3 is 2.80 bits per heavy atom. The van der Waals surface area contributed by atoms with Crippen molar-refractivity contribution in [2.24, 2.45) is 0 Å². The Balaban J connectivity index is 2.73. The number of nitrogens with one attached hydrogen (secondary N) is 1. The predicted octanol–water partition coefficient (Wildman–Crippen LogP) is 1.23. The highest BCUT2D eigenvalue weighted by molar-refractivity contribution is 7.86. The summed E-state index contributed by atoms with van der Waals surface area (Å²) in [7, 11) is -3.29. The van der Waals surface area contributed by atoms with Gasteiger partial charge in [-0.1, -0.05) is 3.89 Å². The minimum absolute atomic E-state index is 0.207. The van der Waals surface area contributed by atoms with E-state index >= 15 is 0 Å². The maximum absolute atomic E-state index is 12.7. The van der Waals surface area contributed by atoms with Crippen LogP contribution in [0.15, 0.2) is 23.2 Å². The van der Waals surface area contributed by atoms with Crippen LogP contribution in [-0.2, 0) is 10.2 Å². The maximum atomic E-state index is 12.7. The first kappa shape index (κ1) is 9.91. The van der Waals surface area contributed by atoms with E-state index in [0.717, 1.165) is 0 Å². The summed E-state index contributed by atoms with van der Waals surface area (Å²) >= 11 is 0. The molecule has 1 heterocycles. The first-order valence-electron chi connectivity index (χ1n) is 3.99. The largest absolute Gasteiger partial charge is 0.497 e. The van der Waals surface area contributed by atoms with Crippen molar-refractivity contribution in [3.63, 3.8) is 0 Å². The standard InChI is InChI=1S/C8H7FN2O3S/c1-14-5-2-3-6-7(4-5)10-11-8(6)15(9,12)13/h2-4H,1H3,(H,10,11). The highest BCUT2D eigenvalue weighted by atomic mass is 32.3. The van der Waals surface area contributed by atoms with Crippen molar-refractivity contribution in [2.75, 3.05) is 7.11 Å². The van der Waals surface area contributed by atoms with Gasteiger partial charge in [0.2, 0.25) is 0 Å². The molecule has 0 aliphatic rings. The van der Waals surface area contributed by atoms with Gasteiger partial charge in [-0.05, 0) is 12.1 Å². The van der Waals surface area contributed by atoms with Crippen molar-refractivity contribution in [1.29, 1.82) is 0 Å². The Morgan fingerprint density at radius 2 is 2.20 bits per heavy atom. The van der Waals surface area contributed by atoms with Crippen LogP contribution in [0.1, 0.15) is 0 Å². The lowest BCUT2D eigenvalue weighted by molar-refractivity contribution is 0.415. The summed E-state index contributed by atoms with van der Waals surface area (Å²) in [6.07, 6.45) is 0. The van der Waals surface area contributed by atoms with Crippen LogP contribution in [0.2, 0.25) is 0 Å². The number of rotatable bonds is 2. The van der Waals surface area contributed by atoms with E-state index in [1.807, 2.05) is 0 Å². The molecule has 15 heavy (non-hydrogen) atoms. The van der Waals surface area contributed by atoms with Crippen molar-refractivity contribution < 1.29 is 17.0 Å². The minimum Gasteiger partial charge on any atom is -0.497 e. The third-order valence-corrected chi connectivity index (χ3v) is 2.77. The smallest absolute Gasteiger partial charge is 0.349 e. The molecule has 1 aromatic carbocycles. The second kappa shape index (κ2) is 3.20. The van der Waals surface area contributed by atoms with E-state index in [4.69, 9.17) is 4.74 Å². The molecule has 0 atom stereocenters. The van der Waals surface area contributed by atoms with Gasteiger partial charge < -0.3 is 4.74 Å². The molecule has 2 rings (SSSR count). The second-order valence-electron chi connectivity index (χ2n) is 2.87. The van der Waals surface area contributed by atoms with Gasteiger partial charge in [0.15, 0.2) is 5.03 Å². The van der Waals surface area contributed by atoms with E-state index < -0.39 is 15.2 Å². The van der Waals surface area contributed by atoms with Gasteiger partial charge in [-0.15, -0.1) is 0 Å². The van der Waals surface area contributed by atoms with Gasteiger partial charge in [-0.25, -0.2) is 0 Å². The van der Waals surface area contributed by atoms with Crippen LogP contribution in [0, 0.1) is 0 Å². The van der Waals surface area contributed by atoms with Crippen molar-refractivity contribution in [3.8, 4) is 5.75 Å². The summed E-state index contributed by atoms with van der Waals surface area (Å²) in [5.41, 5.74) is 0.338. The van der Waals surface area contributed by atoms with Gasteiger partial charge in [-0.2, -0.15) is 13.5 Å².